The zero-order valence-electron chi connectivity index (χ0n) is 16.2. The van der Waals surface area contributed by atoms with Crippen molar-refractivity contribution in [2.45, 2.75) is 32.5 Å². The Bertz CT molecular complexity index is 892. The van der Waals surface area contributed by atoms with E-state index in [0.717, 1.165) is 28.8 Å². The van der Waals surface area contributed by atoms with Crippen molar-refractivity contribution in [2.75, 3.05) is 31.3 Å². The average molecular weight is 402 g/mol. The molecule has 148 valence electrons. The van der Waals surface area contributed by atoms with Crippen molar-refractivity contribution in [3.63, 3.8) is 0 Å². The van der Waals surface area contributed by atoms with Crippen molar-refractivity contribution in [1.29, 1.82) is 0 Å². The number of hydrogen-bond acceptors (Lipinski definition) is 4. The smallest absolute Gasteiger partial charge is 0.292 e. The lowest BCUT2D eigenvalue weighted by atomic mass is 9.97. The summed E-state index contributed by atoms with van der Waals surface area (Å²) in [5, 5.41) is 0.583. The molecule has 1 amide bonds. The van der Waals surface area contributed by atoms with E-state index in [0.29, 0.717) is 43.6 Å². The molecule has 1 fully saturated rings. The molecule has 0 N–H and O–H groups in total. The molecule has 0 atom stereocenters. The molecular weight excluding hydrogens is 378 g/mol. The molecule has 0 bridgehead atoms. The van der Waals surface area contributed by atoms with Crippen LogP contribution in [0.1, 0.15) is 29.5 Å². The minimum absolute atomic E-state index is 0.141. The van der Waals surface area contributed by atoms with E-state index in [4.69, 9.17) is 25.8 Å². The van der Waals surface area contributed by atoms with Gasteiger partial charge in [-0.1, -0.05) is 35.9 Å². The molecule has 2 aromatic carbocycles. The van der Waals surface area contributed by atoms with Gasteiger partial charge in [0.15, 0.2) is 0 Å². The number of nitrogens with zero attached hydrogens (tertiary/aromatic N) is 1. The molecule has 4 rings (SSSR count). The Morgan fingerprint density at radius 2 is 1.82 bits per heavy atom. The lowest BCUT2D eigenvalue weighted by molar-refractivity contribution is -0.257. The first-order valence-electron chi connectivity index (χ1n) is 9.62. The largest absolute Gasteiger partial charge is 0.492 e. The maximum Gasteiger partial charge on any atom is 0.292 e. The van der Waals surface area contributed by atoms with Crippen molar-refractivity contribution >= 4 is 23.2 Å². The van der Waals surface area contributed by atoms with Gasteiger partial charge in [0, 0.05) is 12.1 Å². The van der Waals surface area contributed by atoms with Gasteiger partial charge in [-0.3, -0.25) is 4.79 Å². The van der Waals surface area contributed by atoms with E-state index >= 15 is 0 Å². The SMILES string of the molecule is Cc1ccc(C)c2c1N(CCCOc1ccccc1Cl)C(=O)C21OCCCO1. The van der Waals surface area contributed by atoms with Crippen molar-refractivity contribution < 1.29 is 19.0 Å². The van der Waals surface area contributed by atoms with Crippen LogP contribution in [0.4, 0.5) is 5.69 Å². The summed E-state index contributed by atoms with van der Waals surface area (Å²) in [6, 6.07) is 11.4. The molecule has 6 heteroatoms. The number of anilines is 1. The molecule has 2 aromatic rings. The van der Waals surface area contributed by atoms with Crippen molar-refractivity contribution in [1.82, 2.24) is 0 Å². The fraction of sp³-hybridized carbons (Fsp3) is 0.409. The van der Waals surface area contributed by atoms with Crippen LogP contribution in [0.3, 0.4) is 0 Å². The molecule has 0 unspecified atom stereocenters. The monoisotopic (exact) mass is 401 g/mol. The van der Waals surface area contributed by atoms with Crippen LogP contribution in [0, 0.1) is 13.8 Å². The molecule has 0 aromatic heterocycles. The van der Waals surface area contributed by atoms with Crippen LogP contribution in [0.2, 0.25) is 5.02 Å². The highest BCUT2D eigenvalue weighted by Gasteiger charge is 2.55. The van der Waals surface area contributed by atoms with Crippen LogP contribution < -0.4 is 9.64 Å². The standard InChI is InChI=1S/C22H24ClNO4/c1-15-9-10-16(2)20-19(15)22(27-13-6-14-28-22)21(25)24(20)11-5-12-26-18-8-4-3-7-17(18)23/h3-4,7-10H,5-6,11-14H2,1-2H3. The number of carbonyl (C=O) groups is 1. The van der Waals surface area contributed by atoms with Crippen LogP contribution in [-0.2, 0) is 20.1 Å². The van der Waals surface area contributed by atoms with Crippen LogP contribution in [-0.4, -0.2) is 32.3 Å². The van der Waals surface area contributed by atoms with E-state index in [2.05, 4.69) is 0 Å². The fourth-order valence-corrected chi connectivity index (χ4v) is 4.12. The average Bonchev–Trinajstić information content (AvgIpc) is 2.93. The third kappa shape index (κ3) is 3.17. The van der Waals surface area contributed by atoms with E-state index in [-0.39, 0.29) is 5.91 Å². The summed E-state index contributed by atoms with van der Waals surface area (Å²) in [4.78, 5) is 15.2. The Morgan fingerprint density at radius 3 is 2.57 bits per heavy atom. The Kier molecular flexibility index (Phi) is 5.32. The van der Waals surface area contributed by atoms with E-state index in [9.17, 15) is 4.79 Å². The normalized spacial score (nSPS) is 17.8. The summed E-state index contributed by atoms with van der Waals surface area (Å²) in [6.07, 6.45) is 1.46. The maximum absolute atomic E-state index is 13.4. The zero-order valence-corrected chi connectivity index (χ0v) is 16.9. The molecule has 5 nitrogen and oxygen atoms in total. The number of amides is 1. The highest BCUT2D eigenvalue weighted by Crippen LogP contribution is 2.48. The van der Waals surface area contributed by atoms with E-state index in [1.54, 1.807) is 11.0 Å². The fourth-order valence-electron chi connectivity index (χ4n) is 3.93. The highest BCUT2D eigenvalue weighted by molar-refractivity contribution is 6.32. The highest BCUT2D eigenvalue weighted by atomic mass is 35.5. The van der Waals surface area contributed by atoms with E-state index in [1.165, 1.54) is 0 Å². The number of fused-ring (bicyclic) bond motifs is 2. The van der Waals surface area contributed by atoms with Gasteiger partial charge in [-0.05, 0) is 49.9 Å². The van der Waals surface area contributed by atoms with Gasteiger partial charge in [-0.15, -0.1) is 0 Å². The molecule has 0 radical (unpaired) electrons. The summed E-state index contributed by atoms with van der Waals surface area (Å²) in [5.74, 6) is -0.787. The summed E-state index contributed by atoms with van der Waals surface area (Å²) < 4.78 is 17.7. The number of hydrogen-bond donors (Lipinski definition) is 0. The quantitative estimate of drug-likeness (QED) is 0.698. The minimum Gasteiger partial charge on any atom is -0.492 e. The number of halogens is 1. The van der Waals surface area contributed by atoms with E-state index < -0.39 is 5.79 Å². The third-order valence-corrected chi connectivity index (χ3v) is 5.55. The number of carbonyl (C=O) groups excluding carboxylic acids is 1. The molecule has 28 heavy (non-hydrogen) atoms. The summed E-state index contributed by atoms with van der Waals surface area (Å²) in [6.45, 7) is 6.03. The van der Waals surface area contributed by atoms with Crippen molar-refractivity contribution in [3.8, 4) is 5.75 Å². The predicted molar refractivity (Wildman–Crippen MR) is 108 cm³/mol. The molecule has 2 aliphatic heterocycles. The molecule has 2 aliphatic rings. The predicted octanol–water partition coefficient (Wildman–Crippen LogP) is 4.36. The van der Waals surface area contributed by atoms with Crippen molar-refractivity contribution in [2.24, 2.45) is 0 Å². The van der Waals surface area contributed by atoms with Gasteiger partial charge in [0.1, 0.15) is 5.75 Å². The van der Waals surface area contributed by atoms with Crippen LogP contribution in [0.5, 0.6) is 5.75 Å². The first kappa shape index (κ1) is 19.2. The Balaban J connectivity index is 1.54. The lowest BCUT2D eigenvalue weighted by Gasteiger charge is -2.33. The first-order valence-corrected chi connectivity index (χ1v) is 10.0. The van der Waals surface area contributed by atoms with Gasteiger partial charge in [-0.2, -0.15) is 0 Å². The molecule has 0 aliphatic carbocycles. The Morgan fingerprint density at radius 1 is 1.11 bits per heavy atom. The topological polar surface area (TPSA) is 48.0 Å². The number of aryl methyl sites for hydroxylation is 2. The number of ether oxygens (including phenoxy) is 3. The first-order chi connectivity index (χ1) is 13.5. The van der Waals surface area contributed by atoms with Gasteiger partial charge in [0.05, 0.1) is 30.5 Å². The summed E-state index contributed by atoms with van der Waals surface area (Å²) in [5.41, 5.74) is 3.80. The summed E-state index contributed by atoms with van der Waals surface area (Å²) >= 11 is 6.13. The van der Waals surface area contributed by atoms with Crippen LogP contribution in [0.25, 0.3) is 0 Å². The Hall–Kier alpha value is -2.08. The molecule has 1 saturated heterocycles. The van der Waals surface area contributed by atoms with Gasteiger partial charge in [-0.25, -0.2) is 0 Å². The van der Waals surface area contributed by atoms with Gasteiger partial charge in [0.2, 0.25) is 0 Å². The van der Waals surface area contributed by atoms with Gasteiger partial charge >= 0.3 is 0 Å². The lowest BCUT2D eigenvalue weighted by Crippen LogP contribution is -2.47. The molecule has 1 spiro atoms. The Labute approximate surface area is 170 Å². The van der Waals surface area contributed by atoms with Gasteiger partial charge < -0.3 is 19.1 Å². The van der Waals surface area contributed by atoms with E-state index in [1.807, 2.05) is 44.2 Å². The molecular formula is C22H24ClNO4. The second-order valence-corrected chi connectivity index (χ2v) is 7.59. The number of para-hydroxylation sites is 1. The van der Waals surface area contributed by atoms with Crippen molar-refractivity contribution in [3.05, 3.63) is 58.1 Å². The van der Waals surface area contributed by atoms with Crippen LogP contribution in [0.15, 0.2) is 36.4 Å². The molecule has 2 heterocycles. The number of benzene rings is 2. The maximum atomic E-state index is 13.4. The number of rotatable bonds is 5. The molecule has 0 saturated carbocycles. The third-order valence-electron chi connectivity index (χ3n) is 5.23. The second kappa shape index (κ2) is 7.74. The second-order valence-electron chi connectivity index (χ2n) is 7.18. The zero-order chi connectivity index (χ0) is 19.7. The summed E-state index contributed by atoms with van der Waals surface area (Å²) in [7, 11) is 0. The van der Waals surface area contributed by atoms with Crippen LogP contribution >= 0.6 is 11.6 Å². The minimum atomic E-state index is -1.30. The van der Waals surface area contributed by atoms with Gasteiger partial charge in [0.25, 0.3) is 11.7 Å².